The Morgan fingerprint density at radius 2 is 2.14 bits per heavy atom. The number of nitrogens with zero attached hydrogens (tertiary/aromatic N) is 4. The molecular weight excluding hydrogens is 344 g/mol. The molecule has 0 saturated heterocycles. The van der Waals surface area contributed by atoms with Crippen molar-refractivity contribution in [2.75, 3.05) is 0 Å². The molecule has 0 N–H and O–H groups in total. The summed E-state index contributed by atoms with van der Waals surface area (Å²) < 4.78 is 8.11. The first kappa shape index (κ1) is 14.7. The molecule has 22 heavy (non-hydrogen) atoms. The number of rotatable bonds is 4. The van der Waals surface area contributed by atoms with Crippen LogP contribution in [-0.4, -0.2) is 19.7 Å². The van der Waals surface area contributed by atoms with E-state index < -0.39 is 0 Å². The third kappa shape index (κ3) is 2.74. The Labute approximate surface area is 136 Å². The van der Waals surface area contributed by atoms with E-state index in [1.165, 1.54) is 0 Å². The van der Waals surface area contributed by atoms with Gasteiger partial charge in [0.1, 0.15) is 5.69 Å². The fraction of sp³-hybridized carbons (Fsp3) is 0.188. The Kier molecular flexibility index (Phi) is 3.94. The van der Waals surface area contributed by atoms with E-state index in [2.05, 4.69) is 37.6 Å². The van der Waals surface area contributed by atoms with Gasteiger partial charge in [0.25, 0.3) is 0 Å². The molecule has 0 aliphatic carbocycles. The van der Waals surface area contributed by atoms with Crippen molar-refractivity contribution in [3.05, 3.63) is 47.7 Å². The molecule has 3 heterocycles. The number of aromatic nitrogens is 4. The smallest absolute Gasteiger partial charge is 0.231 e. The van der Waals surface area contributed by atoms with Gasteiger partial charge in [-0.1, -0.05) is 6.58 Å². The van der Waals surface area contributed by atoms with Crippen molar-refractivity contribution in [3.8, 4) is 22.7 Å². The van der Waals surface area contributed by atoms with Crippen molar-refractivity contribution in [2.45, 2.75) is 20.4 Å². The normalized spacial score (nSPS) is 10.9. The fourth-order valence-electron chi connectivity index (χ4n) is 2.04. The summed E-state index contributed by atoms with van der Waals surface area (Å²) in [6.45, 7) is 8.65. The lowest BCUT2D eigenvalue weighted by atomic mass is 10.1. The quantitative estimate of drug-likeness (QED) is 0.692. The second-order valence-electron chi connectivity index (χ2n) is 4.94. The van der Waals surface area contributed by atoms with Crippen molar-refractivity contribution in [2.24, 2.45) is 0 Å². The highest BCUT2D eigenvalue weighted by molar-refractivity contribution is 9.10. The molecule has 0 aliphatic rings. The van der Waals surface area contributed by atoms with Gasteiger partial charge in [-0.05, 0) is 47.5 Å². The highest BCUT2D eigenvalue weighted by Gasteiger charge is 2.16. The summed E-state index contributed by atoms with van der Waals surface area (Å²) in [6, 6.07) is 3.88. The Balaban J connectivity index is 1.96. The van der Waals surface area contributed by atoms with E-state index in [-0.39, 0.29) is 0 Å². The van der Waals surface area contributed by atoms with Crippen LogP contribution in [-0.2, 0) is 6.54 Å². The van der Waals surface area contributed by atoms with Crippen molar-refractivity contribution in [3.63, 3.8) is 0 Å². The van der Waals surface area contributed by atoms with Crippen LogP contribution in [0.25, 0.3) is 28.3 Å². The number of halogens is 1. The number of allylic oxidation sites excluding steroid dienone is 1. The zero-order chi connectivity index (χ0) is 15.7. The summed E-state index contributed by atoms with van der Waals surface area (Å²) in [6.07, 6.45) is 5.42. The van der Waals surface area contributed by atoms with Crippen LogP contribution in [0.1, 0.15) is 19.5 Å². The van der Waals surface area contributed by atoms with Crippen LogP contribution in [0.3, 0.4) is 0 Å². The van der Waals surface area contributed by atoms with Gasteiger partial charge >= 0.3 is 0 Å². The maximum atomic E-state index is 5.70. The predicted octanol–water partition coefficient (Wildman–Crippen LogP) is 4.42. The zero-order valence-electron chi connectivity index (χ0n) is 12.4. The first-order chi connectivity index (χ1) is 10.6. The molecule has 3 rings (SSSR count). The molecule has 0 aliphatic heterocycles. The van der Waals surface area contributed by atoms with Crippen LogP contribution in [0.4, 0.5) is 0 Å². The molecule has 0 radical (unpaired) electrons. The molecule has 5 nitrogen and oxygen atoms in total. The maximum absolute atomic E-state index is 5.70. The topological polar surface area (TPSA) is 56.7 Å². The molecule has 0 amide bonds. The Morgan fingerprint density at radius 3 is 2.73 bits per heavy atom. The molecule has 112 valence electrons. The molecule has 6 heteroatoms. The lowest BCUT2D eigenvalue weighted by Crippen LogP contribution is -1.91. The zero-order valence-corrected chi connectivity index (χ0v) is 14.0. The third-order valence-electron chi connectivity index (χ3n) is 3.26. The third-order valence-corrected chi connectivity index (χ3v) is 3.80. The molecule has 3 aromatic rings. The highest BCUT2D eigenvalue weighted by Crippen LogP contribution is 2.32. The van der Waals surface area contributed by atoms with E-state index in [9.17, 15) is 0 Å². The predicted molar refractivity (Wildman–Crippen MR) is 89.0 cm³/mol. The van der Waals surface area contributed by atoms with E-state index in [0.29, 0.717) is 10.6 Å². The largest absolute Gasteiger partial charge is 0.429 e. The van der Waals surface area contributed by atoms with E-state index in [1.54, 1.807) is 12.4 Å². The standard InChI is InChI=1S/C16H15BrN4O/c1-4-21-9-12(8-19-21)16-20-14(15(17)22-16)11-5-6-13(10(2)3)18-7-11/h5-9H,2,4H2,1,3H3. The second-order valence-corrected chi connectivity index (χ2v) is 5.66. The van der Waals surface area contributed by atoms with Gasteiger partial charge in [0.05, 0.1) is 17.5 Å². The lowest BCUT2D eigenvalue weighted by molar-refractivity contribution is 0.550. The van der Waals surface area contributed by atoms with Gasteiger partial charge < -0.3 is 4.42 Å². The molecule has 0 fully saturated rings. The molecule has 0 saturated carbocycles. The monoisotopic (exact) mass is 358 g/mol. The minimum Gasteiger partial charge on any atom is -0.429 e. The SMILES string of the molecule is C=C(C)c1ccc(-c2nc(-c3cnn(CC)c3)oc2Br)cn1. The minimum absolute atomic E-state index is 0.533. The Bertz CT molecular complexity index is 817. The molecule has 0 spiro atoms. The number of pyridine rings is 1. The van der Waals surface area contributed by atoms with E-state index in [4.69, 9.17) is 4.42 Å². The average Bonchev–Trinajstić information content (AvgIpc) is 3.13. The Morgan fingerprint density at radius 1 is 1.32 bits per heavy atom. The molecule has 0 bridgehead atoms. The van der Waals surface area contributed by atoms with Gasteiger partial charge in [0.15, 0.2) is 4.67 Å². The average molecular weight is 359 g/mol. The van der Waals surface area contributed by atoms with Crippen molar-refractivity contribution >= 4 is 21.5 Å². The molecule has 0 unspecified atom stereocenters. The van der Waals surface area contributed by atoms with Gasteiger partial charge in [0.2, 0.25) is 5.89 Å². The summed E-state index contributed by atoms with van der Waals surface area (Å²) in [5.41, 5.74) is 4.25. The summed E-state index contributed by atoms with van der Waals surface area (Å²) >= 11 is 3.42. The van der Waals surface area contributed by atoms with Gasteiger partial charge in [-0.25, -0.2) is 4.98 Å². The van der Waals surface area contributed by atoms with Crippen molar-refractivity contribution in [1.82, 2.24) is 19.7 Å². The van der Waals surface area contributed by atoms with Crippen LogP contribution < -0.4 is 0 Å². The number of aryl methyl sites for hydroxylation is 1. The van der Waals surface area contributed by atoms with E-state index >= 15 is 0 Å². The maximum Gasteiger partial charge on any atom is 0.231 e. The highest BCUT2D eigenvalue weighted by atomic mass is 79.9. The second kappa shape index (κ2) is 5.88. The molecule has 0 atom stereocenters. The van der Waals surface area contributed by atoms with Crippen molar-refractivity contribution < 1.29 is 4.42 Å². The molecule has 0 aromatic carbocycles. The van der Waals surface area contributed by atoms with E-state index in [0.717, 1.165) is 34.6 Å². The molecular formula is C16H15BrN4O. The summed E-state index contributed by atoms with van der Waals surface area (Å²) in [5, 5.41) is 4.23. The molecule has 3 aromatic heterocycles. The van der Waals surface area contributed by atoms with Gasteiger partial charge in [-0.3, -0.25) is 9.67 Å². The number of hydrogen-bond acceptors (Lipinski definition) is 4. The summed E-state index contributed by atoms with van der Waals surface area (Å²) in [7, 11) is 0. The first-order valence-corrected chi connectivity index (χ1v) is 7.69. The van der Waals surface area contributed by atoms with Crippen LogP contribution in [0.2, 0.25) is 0 Å². The van der Waals surface area contributed by atoms with Crippen LogP contribution in [0, 0.1) is 0 Å². The van der Waals surface area contributed by atoms with Crippen LogP contribution >= 0.6 is 15.9 Å². The van der Waals surface area contributed by atoms with Gasteiger partial charge in [-0.2, -0.15) is 5.10 Å². The summed E-state index contributed by atoms with van der Waals surface area (Å²) in [4.78, 5) is 8.92. The summed E-state index contributed by atoms with van der Waals surface area (Å²) in [5.74, 6) is 0.533. The fourth-order valence-corrected chi connectivity index (χ4v) is 2.51. The Hall–Kier alpha value is -2.21. The number of hydrogen-bond donors (Lipinski definition) is 0. The van der Waals surface area contributed by atoms with Crippen molar-refractivity contribution in [1.29, 1.82) is 0 Å². The van der Waals surface area contributed by atoms with Crippen LogP contribution in [0.15, 0.2) is 46.4 Å². The van der Waals surface area contributed by atoms with E-state index in [1.807, 2.05) is 36.9 Å². The lowest BCUT2D eigenvalue weighted by Gasteiger charge is -2.00. The van der Waals surface area contributed by atoms with Crippen LogP contribution in [0.5, 0.6) is 0 Å². The number of oxazole rings is 1. The first-order valence-electron chi connectivity index (χ1n) is 6.90. The van der Waals surface area contributed by atoms with Gasteiger partial charge in [-0.15, -0.1) is 0 Å². The van der Waals surface area contributed by atoms with Gasteiger partial charge in [0, 0.05) is 24.5 Å². The minimum atomic E-state index is 0.533.